The van der Waals surface area contributed by atoms with Crippen molar-refractivity contribution in [2.24, 2.45) is 0 Å². The number of fused-ring (bicyclic) bond motifs is 9. The normalized spacial score (nSPS) is 11.8. The quantitative estimate of drug-likeness (QED) is 0.168. The summed E-state index contributed by atoms with van der Waals surface area (Å²) < 4.78 is 7.75. The average molecular weight is 839 g/mol. The highest BCUT2D eigenvalue weighted by Crippen LogP contribution is 2.43. The largest absolute Gasteiger partial charge is 0.309 e. The SMILES string of the molecule is c1ccc(-c2nc(-c3ccccc3)nc(-c3cccc(-c4cccc(-n5c6ccccc6c6cc(-c7ccc8sc9cc%10c(cc9c8c7)sc7ccccc7%10)ccc65)c4)c3)n2)cc1. The van der Waals surface area contributed by atoms with Crippen molar-refractivity contribution >= 4 is 84.8 Å². The molecule has 63 heavy (non-hydrogen) atoms. The molecule has 4 aromatic heterocycles. The standard InChI is InChI=1S/C57H34N4S2/c1-3-13-35(14-4-1)55-58-56(36-15-5-2-6-16-36)60-57(59-55)41-19-11-17-37(29-41)38-18-12-20-42(30-38)61-49-23-9-7-21-43(49)45-31-39(25-27-50(45)61)40-26-28-52-46(32-40)48-34-53-47(33-54(48)63-52)44-22-8-10-24-51(44)62-53/h1-34H. The molecule has 0 unspecified atom stereocenters. The lowest BCUT2D eigenvalue weighted by molar-refractivity contribution is 1.07. The zero-order chi connectivity index (χ0) is 41.4. The van der Waals surface area contributed by atoms with Crippen molar-refractivity contribution in [3.63, 3.8) is 0 Å². The topological polar surface area (TPSA) is 43.6 Å². The number of thiophene rings is 2. The van der Waals surface area contributed by atoms with E-state index >= 15 is 0 Å². The number of hydrogen-bond donors (Lipinski definition) is 0. The van der Waals surface area contributed by atoms with Crippen LogP contribution in [0.2, 0.25) is 0 Å². The fourth-order valence-corrected chi connectivity index (χ4v) is 11.4. The number of aromatic nitrogens is 4. The van der Waals surface area contributed by atoms with E-state index in [-0.39, 0.29) is 0 Å². The predicted molar refractivity (Wildman–Crippen MR) is 267 cm³/mol. The Morgan fingerprint density at radius 3 is 1.48 bits per heavy atom. The maximum atomic E-state index is 5.01. The molecular weight excluding hydrogens is 805 g/mol. The second kappa shape index (κ2) is 14.4. The van der Waals surface area contributed by atoms with Crippen molar-refractivity contribution in [3.8, 4) is 62.1 Å². The first-order chi connectivity index (χ1) is 31.2. The van der Waals surface area contributed by atoms with Gasteiger partial charge < -0.3 is 4.57 Å². The lowest BCUT2D eigenvalue weighted by Gasteiger charge is -2.12. The molecule has 0 amide bonds. The number of hydrogen-bond acceptors (Lipinski definition) is 5. The maximum Gasteiger partial charge on any atom is 0.164 e. The Kier molecular flexibility index (Phi) is 8.22. The third kappa shape index (κ3) is 6.06. The van der Waals surface area contributed by atoms with Crippen LogP contribution in [0.1, 0.15) is 0 Å². The smallest absolute Gasteiger partial charge is 0.164 e. The average Bonchev–Trinajstić information content (AvgIpc) is 4.02. The van der Waals surface area contributed by atoms with Crippen LogP contribution in [0.15, 0.2) is 206 Å². The first-order valence-electron chi connectivity index (χ1n) is 21.1. The summed E-state index contributed by atoms with van der Waals surface area (Å²) in [5.74, 6) is 1.94. The first kappa shape index (κ1) is 35.9. The molecule has 0 spiro atoms. The summed E-state index contributed by atoms with van der Waals surface area (Å²) in [5.41, 5.74) is 10.9. The fraction of sp³-hybridized carbons (Fsp3) is 0. The molecule has 0 atom stereocenters. The molecule has 9 aromatic carbocycles. The van der Waals surface area contributed by atoms with Crippen LogP contribution in [-0.4, -0.2) is 19.5 Å². The van der Waals surface area contributed by atoms with E-state index in [4.69, 9.17) is 15.0 Å². The van der Waals surface area contributed by atoms with Crippen LogP contribution >= 0.6 is 22.7 Å². The molecule has 6 heteroatoms. The van der Waals surface area contributed by atoms with Crippen LogP contribution in [0.4, 0.5) is 0 Å². The highest BCUT2D eigenvalue weighted by molar-refractivity contribution is 7.27. The van der Waals surface area contributed by atoms with Crippen LogP contribution in [0.3, 0.4) is 0 Å². The summed E-state index contributed by atoms with van der Waals surface area (Å²) in [6.45, 7) is 0. The second-order valence-corrected chi connectivity index (χ2v) is 18.2. The molecule has 0 saturated carbocycles. The molecule has 0 N–H and O–H groups in total. The van der Waals surface area contributed by atoms with Crippen LogP contribution in [0.5, 0.6) is 0 Å². The van der Waals surface area contributed by atoms with Gasteiger partial charge in [0.1, 0.15) is 0 Å². The summed E-state index contributed by atoms with van der Waals surface area (Å²) in [6, 6.07) is 73.9. The second-order valence-electron chi connectivity index (χ2n) is 16.0. The van der Waals surface area contributed by atoms with Gasteiger partial charge in [0, 0.05) is 73.5 Å². The highest BCUT2D eigenvalue weighted by atomic mass is 32.1. The van der Waals surface area contributed by atoms with Crippen LogP contribution < -0.4 is 0 Å². The van der Waals surface area contributed by atoms with Crippen molar-refractivity contribution < 1.29 is 0 Å². The van der Waals surface area contributed by atoms with E-state index in [9.17, 15) is 0 Å². The van der Waals surface area contributed by atoms with Gasteiger partial charge in [0.2, 0.25) is 0 Å². The number of benzene rings is 9. The van der Waals surface area contributed by atoms with E-state index in [0.29, 0.717) is 17.5 Å². The van der Waals surface area contributed by atoms with Crippen molar-refractivity contribution in [2.75, 3.05) is 0 Å². The Labute approximate surface area is 370 Å². The van der Waals surface area contributed by atoms with Crippen molar-refractivity contribution in [3.05, 3.63) is 206 Å². The Bertz CT molecular complexity index is 3860. The first-order valence-corrected chi connectivity index (χ1v) is 22.7. The minimum atomic E-state index is 0.638. The van der Waals surface area contributed by atoms with Gasteiger partial charge in [-0.1, -0.05) is 140 Å². The Morgan fingerprint density at radius 1 is 0.270 bits per heavy atom. The van der Waals surface area contributed by atoms with E-state index in [2.05, 4.69) is 150 Å². The van der Waals surface area contributed by atoms with E-state index in [1.54, 1.807) is 0 Å². The van der Waals surface area contributed by atoms with Crippen molar-refractivity contribution in [1.29, 1.82) is 0 Å². The molecule has 4 heterocycles. The molecule has 0 aliphatic rings. The van der Waals surface area contributed by atoms with Gasteiger partial charge >= 0.3 is 0 Å². The Morgan fingerprint density at radius 2 is 0.746 bits per heavy atom. The summed E-state index contributed by atoms with van der Waals surface area (Å²) in [5, 5.41) is 7.81. The van der Waals surface area contributed by atoms with Crippen molar-refractivity contribution in [1.82, 2.24) is 19.5 Å². The van der Waals surface area contributed by atoms with E-state index in [1.165, 1.54) is 73.3 Å². The van der Waals surface area contributed by atoms with Crippen LogP contribution in [0.25, 0.3) is 124 Å². The third-order valence-corrected chi connectivity index (χ3v) is 14.5. The summed E-state index contributed by atoms with van der Waals surface area (Å²) in [4.78, 5) is 14.9. The van der Waals surface area contributed by atoms with Crippen molar-refractivity contribution in [2.45, 2.75) is 0 Å². The van der Waals surface area contributed by atoms with Crippen LogP contribution in [-0.2, 0) is 0 Å². The zero-order valence-corrected chi connectivity index (χ0v) is 35.4. The number of nitrogens with zero attached hydrogens (tertiary/aromatic N) is 4. The minimum Gasteiger partial charge on any atom is -0.309 e. The lowest BCUT2D eigenvalue weighted by Crippen LogP contribution is -2.00. The zero-order valence-electron chi connectivity index (χ0n) is 33.7. The van der Waals surface area contributed by atoms with Gasteiger partial charge in [0.05, 0.1) is 11.0 Å². The molecule has 4 nitrogen and oxygen atoms in total. The van der Waals surface area contributed by atoms with Gasteiger partial charge in [-0.15, -0.1) is 22.7 Å². The molecule has 0 saturated heterocycles. The summed E-state index contributed by atoms with van der Waals surface area (Å²) >= 11 is 3.77. The van der Waals surface area contributed by atoms with Crippen LogP contribution in [0, 0.1) is 0 Å². The molecule has 13 rings (SSSR count). The summed E-state index contributed by atoms with van der Waals surface area (Å²) in [6.07, 6.45) is 0. The lowest BCUT2D eigenvalue weighted by atomic mass is 10.0. The molecule has 0 fully saturated rings. The predicted octanol–water partition coefficient (Wildman–Crippen LogP) is 16.0. The minimum absolute atomic E-state index is 0.638. The number of rotatable bonds is 6. The monoisotopic (exact) mass is 838 g/mol. The van der Waals surface area contributed by atoms with E-state index in [0.717, 1.165) is 33.5 Å². The molecule has 13 aromatic rings. The van der Waals surface area contributed by atoms with E-state index < -0.39 is 0 Å². The third-order valence-electron chi connectivity index (χ3n) is 12.2. The highest BCUT2D eigenvalue weighted by Gasteiger charge is 2.17. The maximum absolute atomic E-state index is 5.01. The van der Waals surface area contributed by atoms with Gasteiger partial charge in [-0.2, -0.15) is 0 Å². The van der Waals surface area contributed by atoms with Gasteiger partial charge in [0.15, 0.2) is 17.5 Å². The molecule has 0 bridgehead atoms. The van der Waals surface area contributed by atoms with Gasteiger partial charge in [0.25, 0.3) is 0 Å². The molecule has 0 aliphatic carbocycles. The van der Waals surface area contributed by atoms with Gasteiger partial charge in [-0.25, -0.2) is 15.0 Å². The van der Waals surface area contributed by atoms with Gasteiger partial charge in [-0.3, -0.25) is 0 Å². The molecule has 0 radical (unpaired) electrons. The molecular formula is C57H34N4S2. The number of para-hydroxylation sites is 1. The molecule has 294 valence electrons. The summed E-state index contributed by atoms with van der Waals surface area (Å²) in [7, 11) is 0. The van der Waals surface area contributed by atoms with Gasteiger partial charge in [-0.05, 0) is 89.0 Å². The molecule has 0 aliphatic heterocycles. The fourth-order valence-electron chi connectivity index (χ4n) is 9.20. The van der Waals surface area contributed by atoms with E-state index in [1.807, 2.05) is 83.3 Å². The Balaban J connectivity index is 0.892. The Hall–Kier alpha value is -7.77.